The zero-order valence-electron chi connectivity index (χ0n) is 24.9. The van der Waals surface area contributed by atoms with Crippen LogP contribution in [0.1, 0.15) is 68.2 Å². The number of amides is 1. The summed E-state index contributed by atoms with van der Waals surface area (Å²) >= 11 is 0. The van der Waals surface area contributed by atoms with Crippen LogP contribution in [0.25, 0.3) is 11.0 Å². The second-order valence-electron chi connectivity index (χ2n) is 12.3. The highest BCUT2D eigenvalue weighted by Crippen LogP contribution is 2.42. The average molecular weight is 624 g/mol. The molecule has 5 rings (SSSR count). The highest BCUT2D eigenvalue weighted by atomic mass is 28.2. The third-order valence-corrected chi connectivity index (χ3v) is 8.42. The number of hydrogen-bond donors (Lipinski definition) is 1. The number of halogens is 3. The van der Waals surface area contributed by atoms with Gasteiger partial charge in [0.2, 0.25) is 27.3 Å². The van der Waals surface area contributed by atoms with E-state index in [0.29, 0.717) is 27.6 Å². The first kappa shape index (κ1) is 31.5. The number of rotatable bonds is 9. The molecule has 2 atom stereocenters. The van der Waals surface area contributed by atoms with E-state index in [1.165, 1.54) is 30.5 Å². The van der Waals surface area contributed by atoms with Crippen LogP contribution in [-0.2, 0) is 26.6 Å². The highest BCUT2D eigenvalue weighted by Gasteiger charge is 2.46. The van der Waals surface area contributed by atoms with Crippen LogP contribution in [0.3, 0.4) is 0 Å². The third-order valence-electron chi connectivity index (χ3n) is 7.18. The lowest BCUT2D eigenvalue weighted by molar-refractivity contribution is -0.213. The van der Waals surface area contributed by atoms with E-state index in [2.05, 4.69) is 54.9 Å². The Hall–Kier alpha value is -3.94. The van der Waals surface area contributed by atoms with Crippen molar-refractivity contribution in [3.05, 3.63) is 83.6 Å². The lowest BCUT2D eigenvalue weighted by Crippen LogP contribution is -2.51. The summed E-state index contributed by atoms with van der Waals surface area (Å²) in [4.78, 5) is 38.6. The molecular formula is C31H32F3N5O4Si. The number of anilines is 1. The SMILES string of the molecule is CC(C)(C)[Si]OC(C)(C)C1COC1n1ccc2cnc(C(=O)c3ccc(NC(=O)Cc4ccc(C(F)(F)F)cc4)nc3)nc21. The highest BCUT2D eigenvalue weighted by molar-refractivity contribution is 6.31. The lowest BCUT2D eigenvalue weighted by Gasteiger charge is -2.47. The molecule has 1 aromatic carbocycles. The summed E-state index contributed by atoms with van der Waals surface area (Å²) in [6.07, 6.45) is -0.125. The summed E-state index contributed by atoms with van der Waals surface area (Å²) in [5.74, 6) is -0.660. The molecule has 0 aliphatic carbocycles. The van der Waals surface area contributed by atoms with Crippen LogP contribution in [0.5, 0.6) is 0 Å². The molecule has 1 N–H and O–H groups in total. The smallest absolute Gasteiger partial charge is 0.411 e. The van der Waals surface area contributed by atoms with Crippen molar-refractivity contribution in [1.82, 2.24) is 19.5 Å². The van der Waals surface area contributed by atoms with Gasteiger partial charge in [-0.05, 0) is 54.8 Å². The molecule has 1 aliphatic rings. The van der Waals surface area contributed by atoms with E-state index in [9.17, 15) is 22.8 Å². The number of benzene rings is 1. The minimum absolute atomic E-state index is 0.0149. The second-order valence-corrected chi connectivity index (χ2v) is 14.2. The summed E-state index contributed by atoms with van der Waals surface area (Å²) in [5.41, 5.74) is -0.0197. The van der Waals surface area contributed by atoms with Crippen molar-refractivity contribution in [2.75, 3.05) is 11.9 Å². The molecule has 44 heavy (non-hydrogen) atoms. The van der Waals surface area contributed by atoms with E-state index >= 15 is 0 Å². The number of ether oxygens (including phenoxy) is 1. The third kappa shape index (κ3) is 7.06. The quantitative estimate of drug-likeness (QED) is 0.179. The maximum absolute atomic E-state index is 13.3. The number of carbonyl (C=O) groups is 2. The van der Waals surface area contributed by atoms with Crippen molar-refractivity contribution in [2.24, 2.45) is 5.92 Å². The van der Waals surface area contributed by atoms with Gasteiger partial charge in [-0.2, -0.15) is 13.2 Å². The van der Waals surface area contributed by atoms with E-state index in [0.717, 1.165) is 17.5 Å². The zero-order valence-corrected chi connectivity index (χ0v) is 25.9. The Morgan fingerprint density at radius 2 is 1.75 bits per heavy atom. The average Bonchev–Trinajstić information content (AvgIpc) is 3.33. The van der Waals surface area contributed by atoms with E-state index in [-0.39, 0.29) is 40.8 Å². The standard InChI is InChI=1S/C31H32F3N5O4Si/c1-29(2,3)44-43-30(4,5)22-17-42-28(22)39-13-12-20-16-36-26(38-27(20)39)25(41)19-8-11-23(35-15-19)37-24(40)14-18-6-9-21(10-7-18)31(32,33)34/h6-13,15-16,22,28H,14,17H2,1-5H3,(H,35,37,40). The van der Waals surface area contributed by atoms with Crippen LogP contribution in [0.15, 0.2) is 61.1 Å². The van der Waals surface area contributed by atoms with Crippen LogP contribution in [0, 0.1) is 5.92 Å². The van der Waals surface area contributed by atoms with E-state index < -0.39 is 29.0 Å². The molecule has 2 unspecified atom stereocenters. The molecule has 0 saturated carbocycles. The van der Waals surface area contributed by atoms with Gasteiger partial charge in [0.15, 0.2) is 0 Å². The molecule has 1 fully saturated rings. The first-order valence-electron chi connectivity index (χ1n) is 14.0. The van der Waals surface area contributed by atoms with Crippen molar-refractivity contribution in [1.29, 1.82) is 0 Å². The first-order valence-corrected chi connectivity index (χ1v) is 14.9. The predicted molar refractivity (Wildman–Crippen MR) is 158 cm³/mol. The Labute approximate surface area is 255 Å². The first-order chi connectivity index (χ1) is 20.6. The maximum Gasteiger partial charge on any atom is 0.416 e. The molecule has 3 aromatic heterocycles. The largest absolute Gasteiger partial charge is 0.416 e. The van der Waals surface area contributed by atoms with Gasteiger partial charge in [-0.1, -0.05) is 32.9 Å². The second kappa shape index (κ2) is 11.9. The van der Waals surface area contributed by atoms with Gasteiger partial charge in [0.05, 0.1) is 30.1 Å². The van der Waals surface area contributed by atoms with Crippen LogP contribution >= 0.6 is 0 Å². The molecule has 4 heterocycles. The van der Waals surface area contributed by atoms with Crippen LogP contribution in [0.4, 0.5) is 19.0 Å². The minimum atomic E-state index is -4.45. The number of pyridine rings is 1. The monoisotopic (exact) mass is 623 g/mol. The number of fused-ring (bicyclic) bond motifs is 1. The molecule has 1 aliphatic heterocycles. The van der Waals surface area contributed by atoms with Crippen molar-refractivity contribution < 1.29 is 31.9 Å². The summed E-state index contributed by atoms with van der Waals surface area (Å²) in [6, 6.07) is 9.20. The number of nitrogens with one attached hydrogen (secondary N) is 1. The van der Waals surface area contributed by atoms with Gasteiger partial charge in [-0.25, -0.2) is 15.0 Å². The normalized spacial score (nSPS) is 17.4. The van der Waals surface area contributed by atoms with Gasteiger partial charge in [0.1, 0.15) is 17.7 Å². The number of hydrogen-bond acceptors (Lipinski definition) is 7. The maximum atomic E-state index is 13.3. The Morgan fingerprint density at radius 1 is 1.02 bits per heavy atom. The number of aromatic nitrogens is 4. The Balaban J connectivity index is 1.25. The number of ketones is 1. The van der Waals surface area contributed by atoms with Crippen molar-refractivity contribution in [3.63, 3.8) is 0 Å². The number of nitrogens with zero attached hydrogens (tertiary/aromatic N) is 4. The summed E-state index contributed by atoms with van der Waals surface area (Å²) < 4.78 is 52.5. The molecule has 2 radical (unpaired) electrons. The van der Waals surface area contributed by atoms with Gasteiger partial charge in [0, 0.05) is 29.5 Å². The minimum Gasteiger partial charge on any atom is -0.411 e. The Kier molecular flexibility index (Phi) is 8.49. The fourth-order valence-corrected chi connectivity index (χ4v) is 5.35. The molecule has 0 bridgehead atoms. The topological polar surface area (TPSA) is 108 Å². The fraction of sp³-hybridized carbons (Fsp3) is 0.387. The molecule has 0 spiro atoms. The molecule has 230 valence electrons. The molecule has 4 aromatic rings. The van der Waals surface area contributed by atoms with Gasteiger partial charge >= 0.3 is 6.18 Å². The molecule has 1 amide bonds. The fourth-order valence-electron chi connectivity index (χ4n) is 4.62. The molecular weight excluding hydrogens is 591 g/mol. The van der Waals surface area contributed by atoms with E-state index in [1.54, 1.807) is 6.20 Å². The van der Waals surface area contributed by atoms with Gasteiger partial charge in [-0.15, -0.1) is 0 Å². The van der Waals surface area contributed by atoms with Crippen LogP contribution in [0.2, 0.25) is 5.04 Å². The molecule has 13 heteroatoms. The summed E-state index contributed by atoms with van der Waals surface area (Å²) in [7, 11) is 0.327. The Bertz CT molecular complexity index is 1670. The van der Waals surface area contributed by atoms with Crippen LogP contribution in [-0.4, -0.2) is 53.2 Å². The number of alkyl halides is 3. The van der Waals surface area contributed by atoms with Gasteiger partial charge in [0.25, 0.3) is 0 Å². The zero-order chi connectivity index (χ0) is 31.9. The van der Waals surface area contributed by atoms with Crippen molar-refractivity contribution in [3.8, 4) is 0 Å². The van der Waals surface area contributed by atoms with Gasteiger partial charge < -0.3 is 19.0 Å². The van der Waals surface area contributed by atoms with E-state index in [1.807, 2.05) is 16.8 Å². The molecule has 1 saturated heterocycles. The molecule has 9 nitrogen and oxygen atoms in total. The number of carbonyl (C=O) groups excluding carboxylic acids is 2. The predicted octanol–water partition coefficient (Wildman–Crippen LogP) is 6.04. The van der Waals surface area contributed by atoms with E-state index in [4.69, 9.17) is 9.16 Å². The van der Waals surface area contributed by atoms with Gasteiger partial charge in [-0.3, -0.25) is 9.59 Å². The summed E-state index contributed by atoms with van der Waals surface area (Å²) in [6.45, 7) is 11.1. The summed E-state index contributed by atoms with van der Waals surface area (Å²) in [5, 5.41) is 3.40. The van der Waals surface area contributed by atoms with Crippen molar-refractivity contribution in [2.45, 2.75) is 64.1 Å². The van der Waals surface area contributed by atoms with Crippen LogP contribution < -0.4 is 5.32 Å². The lowest BCUT2D eigenvalue weighted by atomic mass is 9.86. The van der Waals surface area contributed by atoms with Crippen molar-refractivity contribution >= 4 is 38.3 Å². The Morgan fingerprint density at radius 3 is 2.34 bits per heavy atom.